The molecule has 3 heterocycles. The van der Waals surface area contributed by atoms with Gasteiger partial charge in [0, 0.05) is 28.6 Å². The third-order valence-electron chi connectivity index (χ3n) is 8.03. The van der Waals surface area contributed by atoms with E-state index < -0.39 is 5.82 Å². The van der Waals surface area contributed by atoms with E-state index >= 15 is 0 Å². The van der Waals surface area contributed by atoms with Crippen LogP contribution >= 0.6 is 11.6 Å². The Bertz CT molecular complexity index is 1450. The van der Waals surface area contributed by atoms with Crippen molar-refractivity contribution in [3.8, 4) is 0 Å². The number of rotatable bonds is 9. The molecule has 1 saturated carbocycles. The third kappa shape index (κ3) is 7.85. The van der Waals surface area contributed by atoms with E-state index in [2.05, 4.69) is 36.4 Å². The standard InChI is InChI=1S/C31H39ClFN7O4/c1-31(2,3)16-44-30(43)18-6-8-40(9-7-18)21-10-19(11-21)29(42)37-28-14-27(34-17-35-28)36-25-13-24(38-39-26(25)15-41)22-12-20(32)4-5-23(22)33/h4-5,12-14,17-19,21,38-39,41H,6-11,15-16H2,1-3H3,(H2,34,35,36,37,42). The van der Waals surface area contributed by atoms with Crippen molar-refractivity contribution in [2.24, 2.45) is 17.3 Å². The topological polar surface area (TPSA) is 141 Å². The van der Waals surface area contributed by atoms with E-state index in [0.717, 1.165) is 38.8 Å². The zero-order chi connectivity index (χ0) is 31.4. The summed E-state index contributed by atoms with van der Waals surface area (Å²) in [5.74, 6) is -0.150. The van der Waals surface area contributed by atoms with Crippen molar-refractivity contribution < 1.29 is 23.8 Å². The summed E-state index contributed by atoms with van der Waals surface area (Å²) in [5.41, 5.74) is 7.19. The number of anilines is 2. The first kappa shape index (κ1) is 31.7. The molecule has 1 amide bonds. The number of piperidine rings is 1. The molecule has 2 fully saturated rings. The molecule has 1 aromatic carbocycles. The molecule has 1 saturated heterocycles. The summed E-state index contributed by atoms with van der Waals surface area (Å²) >= 11 is 6.06. The largest absolute Gasteiger partial charge is 0.465 e. The number of nitrogens with one attached hydrogen (secondary N) is 4. The lowest BCUT2D eigenvalue weighted by Crippen LogP contribution is -2.51. The molecule has 0 radical (unpaired) electrons. The number of amides is 1. The third-order valence-corrected chi connectivity index (χ3v) is 8.27. The molecule has 44 heavy (non-hydrogen) atoms. The van der Waals surface area contributed by atoms with Crippen molar-refractivity contribution in [2.45, 2.75) is 52.5 Å². The van der Waals surface area contributed by atoms with E-state index in [1.54, 1.807) is 12.1 Å². The molecule has 0 spiro atoms. The number of carbonyl (C=O) groups is 2. The van der Waals surface area contributed by atoms with Crippen LogP contribution in [0.4, 0.5) is 16.0 Å². The van der Waals surface area contributed by atoms with Crippen LogP contribution in [0.1, 0.15) is 52.0 Å². The van der Waals surface area contributed by atoms with E-state index in [-0.39, 0.29) is 41.3 Å². The SMILES string of the molecule is CC(C)(C)COC(=O)C1CCN(C2CC(C(=O)Nc3cc(NC4=C(CO)NNC(c5cc(Cl)ccc5F)=C4)ncn3)C2)CC1. The highest BCUT2D eigenvalue weighted by molar-refractivity contribution is 6.30. The van der Waals surface area contributed by atoms with Crippen molar-refractivity contribution in [1.82, 2.24) is 25.7 Å². The summed E-state index contributed by atoms with van der Waals surface area (Å²) in [7, 11) is 0. The quantitative estimate of drug-likeness (QED) is 0.259. The number of aliphatic hydroxyl groups is 1. The minimum absolute atomic E-state index is 0.0469. The first-order chi connectivity index (χ1) is 21.0. The van der Waals surface area contributed by atoms with Gasteiger partial charge in [-0.3, -0.25) is 9.59 Å². The predicted octanol–water partition coefficient (Wildman–Crippen LogP) is 4.05. The van der Waals surface area contributed by atoms with E-state index in [4.69, 9.17) is 16.3 Å². The molecule has 0 unspecified atom stereocenters. The molecule has 2 aliphatic heterocycles. The highest BCUT2D eigenvalue weighted by atomic mass is 35.5. The Labute approximate surface area is 261 Å². The number of hydrogen-bond donors (Lipinski definition) is 5. The van der Waals surface area contributed by atoms with Gasteiger partial charge in [0.15, 0.2) is 0 Å². The molecule has 5 rings (SSSR count). The van der Waals surface area contributed by atoms with Crippen LogP contribution in [0.15, 0.2) is 48.1 Å². The minimum atomic E-state index is -0.465. The number of likely N-dealkylation sites (tertiary alicyclic amines) is 1. The number of hydrogen-bond acceptors (Lipinski definition) is 10. The average molecular weight is 628 g/mol. The van der Waals surface area contributed by atoms with Crippen LogP contribution in [-0.4, -0.2) is 64.2 Å². The zero-order valence-corrected chi connectivity index (χ0v) is 25.9. The highest BCUT2D eigenvalue weighted by Gasteiger charge is 2.40. The summed E-state index contributed by atoms with van der Waals surface area (Å²) in [6, 6.07) is 6.15. The molecule has 0 atom stereocenters. The fraction of sp³-hybridized carbons (Fsp3) is 0.484. The van der Waals surface area contributed by atoms with Gasteiger partial charge in [0.05, 0.1) is 36.2 Å². The Morgan fingerprint density at radius 1 is 1.11 bits per heavy atom. The number of esters is 1. The maximum atomic E-state index is 14.5. The van der Waals surface area contributed by atoms with Gasteiger partial charge in [0.1, 0.15) is 23.8 Å². The lowest BCUT2D eigenvalue weighted by molar-refractivity contribution is -0.153. The molecule has 1 aliphatic carbocycles. The number of halogens is 2. The number of aliphatic hydroxyl groups excluding tert-OH is 1. The monoisotopic (exact) mass is 627 g/mol. The van der Waals surface area contributed by atoms with Crippen LogP contribution in [-0.2, 0) is 14.3 Å². The Kier molecular flexibility index (Phi) is 9.72. The zero-order valence-electron chi connectivity index (χ0n) is 25.1. The van der Waals surface area contributed by atoms with Crippen LogP contribution in [0.2, 0.25) is 5.02 Å². The number of benzene rings is 1. The summed E-state index contributed by atoms with van der Waals surface area (Å²) in [6.45, 7) is 7.89. The summed E-state index contributed by atoms with van der Waals surface area (Å²) in [4.78, 5) is 36.2. The molecule has 0 bridgehead atoms. The fourth-order valence-corrected chi connectivity index (χ4v) is 5.60. The van der Waals surface area contributed by atoms with Crippen molar-refractivity contribution >= 4 is 40.8 Å². The Morgan fingerprint density at radius 2 is 1.84 bits per heavy atom. The van der Waals surface area contributed by atoms with Crippen LogP contribution in [0.25, 0.3) is 5.70 Å². The lowest BCUT2D eigenvalue weighted by atomic mass is 9.77. The fourth-order valence-electron chi connectivity index (χ4n) is 5.43. The molecule has 1 aromatic heterocycles. The second-order valence-electron chi connectivity index (χ2n) is 12.7. The number of aromatic nitrogens is 2. The van der Waals surface area contributed by atoms with Gasteiger partial charge >= 0.3 is 5.97 Å². The van der Waals surface area contributed by atoms with E-state index in [9.17, 15) is 19.1 Å². The Hall–Kier alpha value is -3.74. The first-order valence-electron chi connectivity index (χ1n) is 14.8. The highest BCUT2D eigenvalue weighted by Crippen LogP contribution is 2.35. The number of allylic oxidation sites excluding steroid dienone is 1. The Balaban J connectivity index is 1.13. The molecule has 3 aliphatic rings. The molecule has 11 nitrogen and oxygen atoms in total. The second-order valence-corrected chi connectivity index (χ2v) is 13.1. The van der Waals surface area contributed by atoms with Gasteiger partial charge in [-0.15, -0.1) is 0 Å². The van der Waals surface area contributed by atoms with Crippen molar-refractivity contribution in [3.05, 3.63) is 64.5 Å². The van der Waals surface area contributed by atoms with Gasteiger partial charge in [-0.05, 0) is 68.5 Å². The maximum absolute atomic E-state index is 14.5. The van der Waals surface area contributed by atoms with E-state index in [1.807, 2.05) is 20.8 Å². The number of ether oxygens (including phenoxy) is 1. The first-order valence-corrected chi connectivity index (χ1v) is 15.2. The summed E-state index contributed by atoms with van der Waals surface area (Å²) < 4.78 is 20.0. The van der Waals surface area contributed by atoms with Gasteiger partial charge in [-0.2, -0.15) is 0 Å². The van der Waals surface area contributed by atoms with E-state index in [0.29, 0.717) is 46.4 Å². The number of carbonyl (C=O) groups excluding carboxylic acids is 2. The van der Waals surface area contributed by atoms with Crippen LogP contribution in [0.3, 0.4) is 0 Å². The number of nitrogens with zero attached hydrogens (tertiary/aromatic N) is 3. The maximum Gasteiger partial charge on any atom is 0.309 e. The molecule has 5 N–H and O–H groups in total. The minimum Gasteiger partial charge on any atom is -0.465 e. The van der Waals surface area contributed by atoms with E-state index in [1.165, 1.54) is 24.5 Å². The molecule has 13 heteroatoms. The smallest absolute Gasteiger partial charge is 0.309 e. The molecular weight excluding hydrogens is 589 g/mol. The van der Waals surface area contributed by atoms with Crippen molar-refractivity contribution in [3.63, 3.8) is 0 Å². The normalized spacial score (nSPS) is 21.0. The number of hydrazine groups is 1. The predicted molar refractivity (Wildman–Crippen MR) is 165 cm³/mol. The van der Waals surface area contributed by atoms with Crippen LogP contribution < -0.4 is 21.5 Å². The summed E-state index contributed by atoms with van der Waals surface area (Å²) in [6.07, 6.45) is 6.01. The summed E-state index contributed by atoms with van der Waals surface area (Å²) in [5, 5.41) is 16.2. The lowest BCUT2D eigenvalue weighted by Gasteiger charge is -2.44. The van der Waals surface area contributed by atoms with Crippen molar-refractivity contribution in [2.75, 3.05) is 36.9 Å². The van der Waals surface area contributed by atoms with Gasteiger partial charge in [0.2, 0.25) is 5.91 Å². The Morgan fingerprint density at radius 3 is 2.55 bits per heavy atom. The molecule has 236 valence electrons. The molecule has 2 aromatic rings. The van der Waals surface area contributed by atoms with Gasteiger partial charge in [-0.1, -0.05) is 32.4 Å². The second kappa shape index (κ2) is 13.5. The van der Waals surface area contributed by atoms with Crippen LogP contribution in [0, 0.1) is 23.1 Å². The van der Waals surface area contributed by atoms with Crippen molar-refractivity contribution in [1.29, 1.82) is 0 Å². The van der Waals surface area contributed by atoms with Gasteiger partial charge in [-0.25, -0.2) is 14.4 Å². The average Bonchev–Trinajstić information content (AvgIpc) is 2.96. The van der Waals surface area contributed by atoms with Crippen LogP contribution in [0.5, 0.6) is 0 Å². The van der Waals surface area contributed by atoms with Gasteiger partial charge in [0.25, 0.3) is 0 Å². The van der Waals surface area contributed by atoms with Gasteiger partial charge < -0.3 is 36.2 Å². The molecular formula is C31H39ClFN7O4.